The molecule has 6 heteroatoms. The molecule has 1 aromatic rings. The SMILES string of the molecule is CN(C)CCN(C)C[C@H](CSc1ccccc1)NC(=O)O. The first-order valence-corrected chi connectivity index (χ1v) is 7.96. The zero-order chi connectivity index (χ0) is 15.7. The van der Waals surface area contributed by atoms with Crippen LogP contribution in [-0.2, 0) is 0 Å². The van der Waals surface area contributed by atoms with Crippen LogP contribution < -0.4 is 5.32 Å². The average Bonchev–Trinajstić information content (AvgIpc) is 2.43. The van der Waals surface area contributed by atoms with Crippen LogP contribution in [0.1, 0.15) is 0 Å². The van der Waals surface area contributed by atoms with E-state index in [9.17, 15) is 4.79 Å². The number of hydrogen-bond acceptors (Lipinski definition) is 4. The maximum atomic E-state index is 10.9. The number of amides is 1. The van der Waals surface area contributed by atoms with Gasteiger partial charge in [0.15, 0.2) is 0 Å². The first-order chi connectivity index (χ1) is 9.97. The van der Waals surface area contributed by atoms with Gasteiger partial charge in [-0.05, 0) is 33.3 Å². The van der Waals surface area contributed by atoms with E-state index in [1.807, 2.05) is 51.5 Å². The molecule has 0 aliphatic carbocycles. The van der Waals surface area contributed by atoms with Crippen molar-refractivity contribution in [2.45, 2.75) is 10.9 Å². The fourth-order valence-electron chi connectivity index (χ4n) is 1.87. The van der Waals surface area contributed by atoms with Crippen LogP contribution in [0.15, 0.2) is 35.2 Å². The second-order valence-electron chi connectivity index (χ2n) is 5.34. The van der Waals surface area contributed by atoms with Crippen molar-refractivity contribution in [1.29, 1.82) is 0 Å². The molecular weight excluding hydrogens is 286 g/mol. The molecule has 1 amide bonds. The van der Waals surface area contributed by atoms with Crippen molar-refractivity contribution < 1.29 is 9.90 Å². The standard InChI is InChI=1S/C15H25N3O2S/c1-17(2)9-10-18(3)11-13(16-15(19)20)12-21-14-7-5-4-6-8-14/h4-8,13,16H,9-12H2,1-3H3,(H,19,20)/t13-/m1/s1. The van der Waals surface area contributed by atoms with Crippen molar-refractivity contribution in [3.63, 3.8) is 0 Å². The molecule has 0 saturated carbocycles. The number of benzene rings is 1. The van der Waals surface area contributed by atoms with E-state index in [1.54, 1.807) is 11.8 Å². The number of hydrogen-bond donors (Lipinski definition) is 2. The van der Waals surface area contributed by atoms with Crippen LogP contribution in [0, 0.1) is 0 Å². The number of thioether (sulfide) groups is 1. The van der Waals surface area contributed by atoms with E-state index in [1.165, 1.54) is 0 Å². The molecule has 1 rings (SSSR count). The predicted octanol–water partition coefficient (Wildman–Crippen LogP) is 1.91. The predicted molar refractivity (Wildman–Crippen MR) is 88.2 cm³/mol. The second kappa shape index (κ2) is 9.65. The highest BCUT2D eigenvalue weighted by molar-refractivity contribution is 7.99. The lowest BCUT2D eigenvalue weighted by molar-refractivity contribution is 0.185. The first kappa shape index (κ1) is 17.8. The molecule has 1 atom stereocenters. The van der Waals surface area contributed by atoms with E-state index >= 15 is 0 Å². The maximum absolute atomic E-state index is 10.9. The van der Waals surface area contributed by atoms with Gasteiger partial charge in [-0.1, -0.05) is 18.2 Å². The molecule has 0 unspecified atom stereocenters. The van der Waals surface area contributed by atoms with Crippen molar-refractivity contribution >= 4 is 17.9 Å². The summed E-state index contributed by atoms with van der Waals surface area (Å²) in [7, 11) is 6.09. The van der Waals surface area contributed by atoms with E-state index < -0.39 is 6.09 Å². The molecule has 0 aliphatic heterocycles. The van der Waals surface area contributed by atoms with Gasteiger partial charge in [-0.3, -0.25) is 0 Å². The molecule has 0 aliphatic rings. The van der Waals surface area contributed by atoms with Crippen LogP contribution in [0.5, 0.6) is 0 Å². The van der Waals surface area contributed by atoms with E-state index in [0.717, 1.165) is 23.7 Å². The minimum absolute atomic E-state index is 0.0835. The number of nitrogens with zero attached hydrogens (tertiary/aromatic N) is 2. The Hall–Kier alpha value is -1.24. The number of carbonyl (C=O) groups is 1. The van der Waals surface area contributed by atoms with Gasteiger partial charge in [-0.25, -0.2) is 4.79 Å². The quantitative estimate of drug-likeness (QED) is 0.682. The van der Waals surface area contributed by atoms with E-state index in [0.29, 0.717) is 6.54 Å². The lowest BCUT2D eigenvalue weighted by Crippen LogP contribution is -2.45. The Kier molecular flexibility index (Phi) is 8.19. The smallest absolute Gasteiger partial charge is 0.404 e. The minimum Gasteiger partial charge on any atom is -0.465 e. The highest BCUT2D eigenvalue weighted by atomic mass is 32.2. The molecule has 0 fully saturated rings. The summed E-state index contributed by atoms with van der Waals surface area (Å²) in [6.07, 6.45) is -0.963. The number of nitrogens with one attached hydrogen (secondary N) is 1. The molecule has 2 N–H and O–H groups in total. The lowest BCUT2D eigenvalue weighted by Gasteiger charge is -2.25. The van der Waals surface area contributed by atoms with Crippen molar-refractivity contribution in [3.05, 3.63) is 30.3 Å². The summed E-state index contributed by atoms with van der Waals surface area (Å²) < 4.78 is 0. The highest BCUT2D eigenvalue weighted by Crippen LogP contribution is 2.18. The topological polar surface area (TPSA) is 55.8 Å². The Morgan fingerprint density at radius 3 is 2.48 bits per heavy atom. The molecule has 0 aromatic heterocycles. The van der Waals surface area contributed by atoms with Crippen LogP contribution in [0.3, 0.4) is 0 Å². The molecule has 0 radical (unpaired) electrons. The summed E-state index contributed by atoms with van der Waals surface area (Å²) >= 11 is 1.67. The molecule has 0 saturated heterocycles. The van der Waals surface area contributed by atoms with Gasteiger partial charge < -0.3 is 20.2 Å². The largest absolute Gasteiger partial charge is 0.465 e. The Morgan fingerprint density at radius 1 is 1.24 bits per heavy atom. The number of carboxylic acid groups (broad SMARTS) is 1. The number of likely N-dealkylation sites (N-methyl/N-ethyl adjacent to an activating group) is 2. The molecule has 0 bridgehead atoms. The third-order valence-corrected chi connectivity index (χ3v) is 4.16. The molecule has 0 spiro atoms. The summed E-state index contributed by atoms with van der Waals surface area (Å²) in [5.74, 6) is 0.725. The van der Waals surface area contributed by atoms with Gasteiger partial charge in [0.25, 0.3) is 0 Å². The molecule has 0 heterocycles. The highest BCUT2D eigenvalue weighted by Gasteiger charge is 2.14. The Morgan fingerprint density at radius 2 is 1.90 bits per heavy atom. The summed E-state index contributed by atoms with van der Waals surface area (Å²) in [6.45, 7) is 2.59. The van der Waals surface area contributed by atoms with Crippen LogP contribution in [0.25, 0.3) is 0 Å². The zero-order valence-electron chi connectivity index (χ0n) is 13.0. The van der Waals surface area contributed by atoms with E-state index in [-0.39, 0.29) is 6.04 Å². The summed E-state index contributed by atoms with van der Waals surface area (Å²) in [4.78, 5) is 16.4. The molecule has 1 aromatic carbocycles. The third-order valence-electron chi connectivity index (χ3n) is 2.98. The summed E-state index contributed by atoms with van der Waals surface area (Å²) in [5.41, 5.74) is 0. The van der Waals surface area contributed by atoms with Crippen LogP contribution >= 0.6 is 11.8 Å². The molecule has 5 nitrogen and oxygen atoms in total. The van der Waals surface area contributed by atoms with Crippen molar-refractivity contribution in [1.82, 2.24) is 15.1 Å². The monoisotopic (exact) mass is 311 g/mol. The number of rotatable bonds is 9. The maximum Gasteiger partial charge on any atom is 0.404 e. The van der Waals surface area contributed by atoms with Gasteiger partial charge in [-0.2, -0.15) is 0 Å². The van der Waals surface area contributed by atoms with Crippen molar-refractivity contribution in [3.8, 4) is 0 Å². The molecule has 21 heavy (non-hydrogen) atoms. The van der Waals surface area contributed by atoms with Crippen molar-refractivity contribution in [2.75, 3.05) is 46.5 Å². The van der Waals surface area contributed by atoms with Gasteiger partial charge >= 0.3 is 6.09 Å². The van der Waals surface area contributed by atoms with Crippen molar-refractivity contribution in [2.24, 2.45) is 0 Å². The first-order valence-electron chi connectivity index (χ1n) is 6.98. The molecular formula is C15H25N3O2S. The Balaban J connectivity index is 2.45. The van der Waals surface area contributed by atoms with Gasteiger partial charge in [0.1, 0.15) is 0 Å². The zero-order valence-corrected chi connectivity index (χ0v) is 13.8. The minimum atomic E-state index is -0.963. The van der Waals surface area contributed by atoms with Crippen LogP contribution in [-0.4, -0.2) is 73.6 Å². The summed E-state index contributed by atoms with van der Waals surface area (Å²) in [6, 6.07) is 9.96. The normalized spacial score (nSPS) is 12.6. The Bertz CT molecular complexity index is 415. The Labute approximate surface area is 131 Å². The van der Waals surface area contributed by atoms with Gasteiger partial charge in [0.2, 0.25) is 0 Å². The fourth-order valence-corrected chi connectivity index (χ4v) is 2.80. The van der Waals surface area contributed by atoms with Gasteiger partial charge in [-0.15, -0.1) is 11.8 Å². The lowest BCUT2D eigenvalue weighted by atomic mass is 10.3. The van der Waals surface area contributed by atoms with Crippen LogP contribution in [0.2, 0.25) is 0 Å². The van der Waals surface area contributed by atoms with Gasteiger partial charge in [0, 0.05) is 30.3 Å². The van der Waals surface area contributed by atoms with E-state index in [2.05, 4.69) is 15.1 Å². The van der Waals surface area contributed by atoms with E-state index in [4.69, 9.17) is 5.11 Å². The molecule has 118 valence electrons. The average molecular weight is 311 g/mol. The second-order valence-corrected chi connectivity index (χ2v) is 6.43. The van der Waals surface area contributed by atoms with Gasteiger partial charge in [0.05, 0.1) is 6.04 Å². The third kappa shape index (κ3) is 8.60. The summed E-state index contributed by atoms with van der Waals surface area (Å²) in [5, 5.41) is 11.6. The fraction of sp³-hybridized carbons (Fsp3) is 0.533. The van der Waals surface area contributed by atoms with Crippen LogP contribution in [0.4, 0.5) is 4.79 Å².